The maximum absolute atomic E-state index is 9.62. The smallest absolute Gasteiger partial charge is 0.0728 e. The average Bonchev–Trinajstić information content (AvgIpc) is 3.18. The molecule has 3 aromatic rings. The van der Waals surface area contributed by atoms with Gasteiger partial charge in [0.15, 0.2) is 0 Å². The SMILES string of the molecule is C=CCC[C@](CCCCO)(c1ccccc1)C1N(C)[C@@H](c2ccccc2)[C@H](c2ccccc2)N1C. The number of allylic oxidation sites excluding steroid dienone is 1. The van der Waals surface area contributed by atoms with Crippen LogP contribution in [0.5, 0.6) is 0 Å². The Morgan fingerprint density at radius 2 is 1.23 bits per heavy atom. The van der Waals surface area contributed by atoms with Crippen molar-refractivity contribution in [1.82, 2.24) is 9.80 Å². The number of hydrogen-bond acceptors (Lipinski definition) is 3. The van der Waals surface area contributed by atoms with Crippen LogP contribution in [0.4, 0.5) is 0 Å². The quantitative estimate of drug-likeness (QED) is 0.249. The average molecular weight is 469 g/mol. The highest BCUT2D eigenvalue weighted by Crippen LogP contribution is 2.53. The van der Waals surface area contributed by atoms with Gasteiger partial charge in [0.2, 0.25) is 0 Å². The van der Waals surface area contributed by atoms with E-state index in [9.17, 15) is 5.11 Å². The molecule has 0 bridgehead atoms. The highest BCUT2D eigenvalue weighted by Gasteiger charge is 2.53. The number of rotatable bonds is 11. The summed E-state index contributed by atoms with van der Waals surface area (Å²) >= 11 is 0. The van der Waals surface area contributed by atoms with Crippen LogP contribution in [0.15, 0.2) is 104 Å². The fraction of sp³-hybridized carbons (Fsp3) is 0.375. The highest BCUT2D eigenvalue weighted by molar-refractivity contribution is 5.34. The molecule has 35 heavy (non-hydrogen) atoms. The van der Waals surface area contributed by atoms with Gasteiger partial charge < -0.3 is 5.11 Å². The lowest BCUT2D eigenvalue weighted by Crippen LogP contribution is -2.52. The lowest BCUT2D eigenvalue weighted by Gasteiger charge is -2.46. The van der Waals surface area contributed by atoms with Gasteiger partial charge in [0, 0.05) is 12.0 Å². The molecule has 0 aromatic heterocycles. The predicted octanol–water partition coefficient (Wildman–Crippen LogP) is 6.74. The first kappa shape index (κ1) is 25.4. The molecule has 0 aliphatic carbocycles. The summed E-state index contributed by atoms with van der Waals surface area (Å²) in [6, 6.07) is 33.4. The molecule has 1 heterocycles. The van der Waals surface area contributed by atoms with E-state index < -0.39 is 0 Å². The van der Waals surface area contributed by atoms with Gasteiger partial charge in [-0.25, -0.2) is 0 Å². The van der Waals surface area contributed by atoms with Crippen molar-refractivity contribution in [1.29, 1.82) is 0 Å². The summed E-state index contributed by atoms with van der Waals surface area (Å²) in [6.07, 6.45) is 7.07. The summed E-state index contributed by atoms with van der Waals surface area (Å²) in [5.41, 5.74) is 3.98. The van der Waals surface area contributed by atoms with E-state index in [4.69, 9.17) is 0 Å². The van der Waals surface area contributed by atoms with Crippen molar-refractivity contribution >= 4 is 0 Å². The van der Waals surface area contributed by atoms with Crippen molar-refractivity contribution in [3.05, 3.63) is 120 Å². The second-order valence-corrected chi connectivity index (χ2v) is 9.95. The van der Waals surface area contributed by atoms with Crippen molar-refractivity contribution in [3.63, 3.8) is 0 Å². The standard InChI is InChI=1S/C32H40N2O/c1-4-5-23-32(24-15-16-25-35,28-21-13-8-14-22-28)31-33(2)29(26-17-9-6-10-18-26)30(34(31)3)27-19-11-7-12-20-27/h4,6-14,17-22,29-31,35H,1,5,15-16,23-25H2,2-3H3/t29-,30-,32-/m0/s1. The number of nitrogens with zero attached hydrogens (tertiary/aromatic N) is 2. The summed E-state index contributed by atoms with van der Waals surface area (Å²) < 4.78 is 0. The van der Waals surface area contributed by atoms with Gasteiger partial charge in [-0.3, -0.25) is 9.80 Å². The predicted molar refractivity (Wildman–Crippen MR) is 146 cm³/mol. The summed E-state index contributed by atoms with van der Waals surface area (Å²) in [5.74, 6) is 0. The number of hydrogen-bond donors (Lipinski definition) is 1. The highest BCUT2D eigenvalue weighted by atomic mass is 16.2. The molecular formula is C32H40N2O. The Kier molecular flexibility index (Phi) is 8.56. The second-order valence-electron chi connectivity index (χ2n) is 9.95. The third-order valence-electron chi connectivity index (χ3n) is 7.90. The second kappa shape index (κ2) is 11.8. The molecule has 1 aliphatic rings. The molecule has 3 heteroatoms. The molecule has 1 saturated heterocycles. The third kappa shape index (κ3) is 5.13. The lowest BCUT2D eigenvalue weighted by molar-refractivity contribution is 0.0560. The molecule has 1 fully saturated rings. The Bertz CT molecular complexity index is 987. The summed E-state index contributed by atoms with van der Waals surface area (Å²) in [5, 5.41) is 9.62. The van der Waals surface area contributed by atoms with Gasteiger partial charge in [0.05, 0.1) is 18.2 Å². The largest absolute Gasteiger partial charge is 0.396 e. The molecule has 0 radical (unpaired) electrons. The molecule has 3 nitrogen and oxygen atoms in total. The minimum absolute atomic E-state index is 0.0926. The molecule has 184 valence electrons. The van der Waals surface area contributed by atoms with E-state index in [1.807, 2.05) is 0 Å². The molecule has 0 unspecified atom stereocenters. The van der Waals surface area contributed by atoms with Crippen molar-refractivity contribution in [2.75, 3.05) is 20.7 Å². The van der Waals surface area contributed by atoms with Gasteiger partial charge in [-0.15, -0.1) is 6.58 Å². The van der Waals surface area contributed by atoms with Gasteiger partial charge in [-0.05, 0) is 56.5 Å². The molecule has 4 rings (SSSR count). The monoisotopic (exact) mass is 468 g/mol. The minimum Gasteiger partial charge on any atom is -0.396 e. The third-order valence-corrected chi connectivity index (χ3v) is 7.90. The van der Waals surface area contributed by atoms with Gasteiger partial charge in [0.25, 0.3) is 0 Å². The van der Waals surface area contributed by atoms with E-state index in [-0.39, 0.29) is 30.3 Å². The fourth-order valence-electron chi connectivity index (χ4n) is 6.45. The van der Waals surface area contributed by atoms with Gasteiger partial charge in [-0.2, -0.15) is 0 Å². The Labute approximate surface area is 211 Å². The summed E-state index contributed by atoms with van der Waals surface area (Å²) in [4.78, 5) is 5.23. The number of aliphatic hydroxyl groups is 1. The lowest BCUT2D eigenvalue weighted by atomic mass is 9.69. The van der Waals surface area contributed by atoms with Crippen LogP contribution < -0.4 is 0 Å². The summed E-state index contributed by atoms with van der Waals surface area (Å²) in [6.45, 7) is 4.31. The van der Waals surface area contributed by atoms with Crippen molar-refractivity contribution in [3.8, 4) is 0 Å². The molecule has 1 N–H and O–H groups in total. The Balaban J connectivity index is 1.87. The topological polar surface area (TPSA) is 26.7 Å². The number of benzene rings is 3. The molecule has 0 amide bonds. The Morgan fingerprint density at radius 3 is 1.69 bits per heavy atom. The molecular weight excluding hydrogens is 428 g/mol. The fourth-order valence-corrected chi connectivity index (χ4v) is 6.45. The Hall–Kier alpha value is -2.72. The van der Waals surface area contributed by atoms with Crippen LogP contribution in [-0.4, -0.2) is 41.8 Å². The van der Waals surface area contributed by atoms with Crippen molar-refractivity contribution < 1.29 is 5.11 Å². The van der Waals surface area contributed by atoms with Gasteiger partial charge in [0.1, 0.15) is 0 Å². The van der Waals surface area contributed by atoms with Crippen LogP contribution >= 0.6 is 0 Å². The zero-order valence-corrected chi connectivity index (χ0v) is 21.3. The molecule has 1 aliphatic heterocycles. The van der Waals surface area contributed by atoms with E-state index in [1.54, 1.807) is 0 Å². The van der Waals surface area contributed by atoms with Crippen LogP contribution in [-0.2, 0) is 5.41 Å². The maximum atomic E-state index is 9.62. The van der Waals surface area contributed by atoms with Crippen molar-refractivity contribution in [2.45, 2.75) is 55.8 Å². The normalized spacial score (nSPS) is 21.1. The van der Waals surface area contributed by atoms with Gasteiger partial charge in [-0.1, -0.05) is 103 Å². The van der Waals surface area contributed by atoms with E-state index in [1.165, 1.54) is 16.7 Å². The van der Waals surface area contributed by atoms with Crippen LogP contribution in [0.1, 0.15) is 60.9 Å². The number of aliphatic hydroxyl groups excluding tert-OH is 1. The zero-order chi connectivity index (χ0) is 24.7. The van der Waals surface area contributed by atoms with E-state index in [0.29, 0.717) is 0 Å². The number of likely N-dealkylation sites (N-methyl/N-ethyl adjacent to an activating group) is 2. The van der Waals surface area contributed by atoms with E-state index in [0.717, 1.165) is 32.1 Å². The molecule has 3 aromatic carbocycles. The van der Waals surface area contributed by atoms with E-state index in [2.05, 4.69) is 128 Å². The van der Waals surface area contributed by atoms with Crippen LogP contribution in [0.3, 0.4) is 0 Å². The van der Waals surface area contributed by atoms with E-state index >= 15 is 0 Å². The number of unbranched alkanes of at least 4 members (excludes halogenated alkanes) is 1. The molecule has 0 saturated carbocycles. The zero-order valence-electron chi connectivity index (χ0n) is 21.3. The van der Waals surface area contributed by atoms with Gasteiger partial charge >= 0.3 is 0 Å². The molecule has 0 spiro atoms. The Morgan fingerprint density at radius 1 is 0.743 bits per heavy atom. The first-order valence-corrected chi connectivity index (χ1v) is 12.9. The van der Waals surface area contributed by atoms with Crippen LogP contribution in [0.25, 0.3) is 0 Å². The van der Waals surface area contributed by atoms with Crippen molar-refractivity contribution in [2.24, 2.45) is 0 Å². The first-order valence-electron chi connectivity index (χ1n) is 12.9. The summed E-state index contributed by atoms with van der Waals surface area (Å²) in [7, 11) is 4.61. The first-order chi connectivity index (χ1) is 17.1. The maximum Gasteiger partial charge on any atom is 0.0728 e. The molecule has 3 atom stereocenters. The van der Waals surface area contributed by atoms with Crippen LogP contribution in [0.2, 0.25) is 0 Å². The van der Waals surface area contributed by atoms with Crippen LogP contribution in [0, 0.1) is 0 Å². The minimum atomic E-state index is -0.0926.